The number of morpholine rings is 1. The van der Waals surface area contributed by atoms with E-state index >= 15 is 0 Å². The van der Waals surface area contributed by atoms with Crippen molar-refractivity contribution in [3.05, 3.63) is 66.3 Å². The van der Waals surface area contributed by atoms with Gasteiger partial charge in [-0.1, -0.05) is 30.3 Å². The lowest BCUT2D eigenvalue weighted by Gasteiger charge is -2.30. The average Bonchev–Trinajstić information content (AvgIpc) is 2.85. The fourth-order valence-electron chi connectivity index (χ4n) is 3.52. The van der Waals surface area contributed by atoms with Crippen LogP contribution >= 0.6 is 11.6 Å². The van der Waals surface area contributed by atoms with Crippen LogP contribution in [-0.2, 0) is 9.53 Å². The molecule has 1 saturated heterocycles. The number of nitrogens with zero attached hydrogens (tertiary/aromatic N) is 3. The fourth-order valence-corrected chi connectivity index (χ4v) is 3.72. The van der Waals surface area contributed by atoms with Gasteiger partial charge in [0.2, 0.25) is 11.9 Å². The van der Waals surface area contributed by atoms with E-state index in [9.17, 15) is 4.79 Å². The lowest BCUT2D eigenvalue weighted by atomic mass is 10.1. The number of nitrogens with one attached hydrogen (secondary N) is 2. The van der Waals surface area contributed by atoms with Crippen LogP contribution in [0.1, 0.15) is 0 Å². The zero-order valence-electron chi connectivity index (χ0n) is 18.2. The van der Waals surface area contributed by atoms with Crippen LogP contribution in [0.25, 0.3) is 11.3 Å². The van der Waals surface area contributed by atoms with E-state index in [1.807, 2.05) is 30.3 Å². The Kier molecular flexibility index (Phi) is 7.07. The van der Waals surface area contributed by atoms with Crippen molar-refractivity contribution in [1.82, 2.24) is 9.97 Å². The normalized spacial score (nSPS) is 13.3. The van der Waals surface area contributed by atoms with Crippen LogP contribution in [0.4, 0.5) is 23.0 Å². The van der Waals surface area contributed by atoms with Gasteiger partial charge in [0.05, 0.1) is 42.9 Å². The summed E-state index contributed by atoms with van der Waals surface area (Å²) < 4.78 is 11.0. The van der Waals surface area contributed by atoms with Crippen molar-refractivity contribution in [3.8, 4) is 17.0 Å². The van der Waals surface area contributed by atoms with Gasteiger partial charge in [-0.15, -0.1) is 0 Å². The maximum Gasteiger partial charge on any atom is 0.247 e. The van der Waals surface area contributed by atoms with Gasteiger partial charge in [-0.2, -0.15) is 0 Å². The predicted molar refractivity (Wildman–Crippen MR) is 131 cm³/mol. The summed E-state index contributed by atoms with van der Waals surface area (Å²) in [5.74, 6) is 0.894. The highest BCUT2D eigenvalue weighted by Gasteiger charge is 2.17. The Morgan fingerprint density at radius 3 is 2.79 bits per heavy atom. The predicted octanol–water partition coefficient (Wildman–Crippen LogP) is 4.51. The standard InChI is InChI=1S/C24H24ClN5O3/c1-3-22(31)27-17-6-4-5-16(13-17)23-19(25)15-26-24(29-23)28-18-7-8-21(32-2)20(14-18)30-9-11-33-12-10-30/h3-8,13-15H,1,9-12H2,2H3,(H,27,31)(H,26,28,29). The molecule has 3 aromatic rings. The van der Waals surface area contributed by atoms with Crippen LogP contribution in [-0.4, -0.2) is 49.3 Å². The van der Waals surface area contributed by atoms with Crippen LogP contribution in [0.15, 0.2) is 61.3 Å². The number of hydrogen-bond acceptors (Lipinski definition) is 7. The number of carbonyl (C=O) groups excluding carboxylic acids is 1. The number of aromatic nitrogens is 2. The third-order valence-corrected chi connectivity index (χ3v) is 5.40. The molecule has 1 aromatic heterocycles. The lowest BCUT2D eigenvalue weighted by Crippen LogP contribution is -2.36. The number of rotatable bonds is 7. The zero-order valence-corrected chi connectivity index (χ0v) is 18.9. The Hall–Kier alpha value is -3.62. The summed E-state index contributed by atoms with van der Waals surface area (Å²) in [4.78, 5) is 22.8. The van der Waals surface area contributed by atoms with E-state index in [1.54, 1.807) is 25.4 Å². The number of benzene rings is 2. The minimum Gasteiger partial charge on any atom is -0.495 e. The van der Waals surface area contributed by atoms with Gasteiger partial charge in [-0.25, -0.2) is 9.97 Å². The number of halogens is 1. The number of amides is 1. The average molecular weight is 466 g/mol. The van der Waals surface area contributed by atoms with Crippen molar-refractivity contribution in [1.29, 1.82) is 0 Å². The molecule has 0 bridgehead atoms. The first-order valence-electron chi connectivity index (χ1n) is 10.4. The quantitative estimate of drug-likeness (QED) is 0.496. The molecule has 0 spiro atoms. The maximum absolute atomic E-state index is 11.6. The van der Waals surface area contributed by atoms with Crippen LogP contribution in [0, 0.1) is 0 Å². The first-order valence-corrected chi connectivity index (χ1v) is 10.8. The van der Waals surface area contributed by atoms with Crippen molar-refractivity contribution in [2.24, 2.45) is 0 Å². The first-order chi connectivity index (χ1) is 16.1. The number of carbonyl (C=O) groups is 1. The molecule has 2 aromatic carbocycles. The number of hydrogen-bond donors (Lipinski definition) is 2. The van der Waals surface area contributed by atoms with Gasteiger partial charge in [0.15, 0.2) is 0 Å². The largest absolute Gasteiger partial charge is 0.495 e. The second kappa shape index (κ2) is 10.3. The molecule has 0 unspecified atom stereocenters. The molecule has 1 fully saturated rings. The highest BCUT2D eigenvalue weighted by Crippen LogP contribution is 2.33. The van der Waals surface area contributed by atoms with E-state index in [-0.39, 0.29) is 5.91 Å². The summed E-state index contributed by atoms with van der Waals surface area (Å²) >= 11 is 6.39. The minimum atomic E-state index is -0.293. The van der Waals surface area contributed by atoms with Gasteiger partial charge < -0.3 is 25.0 Å². The molecule has 4 rings (SSSR count). The monoisotopic (exact) mass is 465 g/mol. The molecular weight excluding hydrogens is 442 g/mol. The zero-order chi connectivity index (χ0) is 23.2. The SMILES string of the molecule is C=CC(=O)Nc1cccc(-c2nc(Nc3ccc(OC)c(N4CCOCC4)c3)ncc2Cl)c1. The van der Waals surface area contributed by atoms with E-state index in [2.05, 4.69) is 32.1 Å². The number of anilines is 4. The lowest BCUT2D eigenvalue weighted by molar-refractivity contribution is -0.111. The van der Waals surface area contributed by atoms with E-state index in [0.29, 0.717) is 35.6 Å². The van der Waals surface area contributed by atoms with E-state index in [1.165, 1.54) is 6.08 Å². The topological polar surface area (TPSA) is 88.6 Å². The Morgan fingerprint density at radius 1 is 1.21 bits per heavy atom. The minimum absolute atomic E-state index is 0.293. The molecule has 1 aliphatic rings. The summed E-state index contributed by atoms with van der Waals surface area (Å²) in [6.07, 6.45) is 2.76. The van der Waals surface area contributed by atoms with E-state index in [4.69, 9.17) is 21.1 Å². The summed E-state index contributed by atoms with van der Waals surface area (Å²) in [5, 5.41) is 6.39. The molecule has 0 aliphatic carbocycles. The molecule has 0 radical (unpaired) electrons. The van der Waals surface area contributed by atoms with Gasteiger partial charge in [-0.05, 0) is 36.4 Å². The van der Waals surface area contributed by atoms with E-state index < -0.39 is 0 Å². The number of ether oxygens (including phenoxy) is 2. The Bertz CT molecular complexity index is 1160. The van der Waals surface area contributed by atoms with Crippen LogP contribution in [0.2, 0.25) is 5.02 Å². The van der Waals surface area contributed by atoms with Crippen molar-refractivity contribution >= 4 is 40.5 Å². The van der Waals surface area contributed by atoms with Gasteiger partial charge >= 0.3 is 0 Å². The van der Waals surface area contributed by atoms with Gasteiger partial charge in [0.1, 0.15) is 5.75 Å². The molecule has 170 valence electrons. The Morgan fingerprint density at radius 2 is 2.03 bits per heavy atom. The van der Waals surface area contributed by atoms with Crippen molar-refractivity contribution in [2.45, 2.75) is 0 Å². The fraction of sp³-hybridized carbons (Fsp3) is 0.208. The molecule has 2 N–H and O–H groups in total. The van der Waals surface area contributed by atoms with Crippen molar-refractivity contribution in [3.63, 3.8) is 0 Å². The van der Waals surface area contributed by atoms with Gasteiger partial charge in [0.25, 0.3) is 0 Å². The molecule has 1 aliphatic heterocycles. The first kappa shape index (κ1) is 22.6. The molecular formula is C24H24ClN5O3. The molecule has 0 atom stereocenters. The van der Waals surface area contributed by atoms with Crippen LogP contribution < -0.4 is 20.3 Å². The highest BCUT2D eigenvalue weighted by atomic mass is 35.5. The van der Waals surface area contributed by atoms with Crippen molar-refractivity contribution in [2.75, 3.05) is 48.9 Å². The second-order valence-corrected chi connectivity index (χ2v) is 7.68. The summed E-state index contributed by atoms with van der Waals surface area (Å²) in [6, 6.07) is 13.1. The molecule has 2 heterocycles. The maximum atomic E-state index is 11.6. The highest BCUT2D eigenvalue weighted by molar-refractivity contribution is 6.33. The molecule has 9 heteroatoms. The molecule has 0 saturated carbocycles. The molecule has 33 heavy (non-hydrogen) atoms. The summed E-state index contributed by atoms with van der Waals surface area (Å²) in [7, 11) is 1.66. The second-order valence-electron chi connectivity index (χ2n) is 7.28. The number of methoxy groups -OCH3 is 1. The molecule has 8 nitrogen and oxygen atoms in total. The summed E-state index contributed by atoms with van der Waals surface area (Å²) in [6.45, 7) is 6.41. The molecule has 1 amide bonds. The third-order valence-electron chi connectivity index (χ3n) is 5.12. The smallest absolute Gasteiger partial charge is 0.247 e. The summed E-state index contributed by atoms with van der Waals surface area (Å²) in [5.41, 5.74) is 3.71. The third kappa shape index (κ3) is 5.42. The van der Waals surface area contributed by atoms with Gasteiger partial charge in [-0.3, -0.25) is 4.79 Å². The Labute approximate surface area is 197 Å². The van der Waals surface area contributed by atoms with Gasteiger partial charge in [0, 0.05) is 30.0 Å². The van der Waals surface area contributed by atoms with Crippen LogP contribution in [0.3, 0.4) is 0 Å². The van der Waals surface area contributed by atoms with Crippen molar-refractivity contribution < 1.29 is 14.3 Å². The van der Waals surface area contributed by atoms with Crippen LogP contribution in [0.5, 0.6) is 5.75 Å². The van der Waals surface area contributed by atoms with E-state index in [0.717, 1.165) is 35.8 Å². The Balaban J connectivity index is 1.60.